The second kappa shape index (κ2) is 8.82. The summed E-state index contributed by atoms with van der Waals surface area (Å²) in [6.45, 7) is 3.44. The molecule has 0 aliphatic carbocycles. The summed E-state index contributed by atoms with van der Waals surface area (Å²) in [4.78, 5) is 15.4. The molecule has 3 aliphatic rings. The number of rotatable bonds is 4. The van der Waals surface area contributed by atoms with Gasteiger partial charge in [-0.05, 0) is 75.7 Å². The summed E-state index contributed by atoms with van der Waals surface area (Å²) in [6.07, 6.45) is 7.58. The topological polar surface area (TPSA) is 69.7 Å². The van der Waals surface area contributed by atoms with Crippen molar-refractivity contribution in [3.05, 3.63) is 28.8 Å². The van der Waals surface area contributed by atoms with Crippen LogP contribution < -0.4 is 9.62 Å². The first-order chi connectivity index (χ1) is 14.0. The van der Waals surface area contributed by atoms with E-state index in [0.717, 1.165) is 12.8 Å². The molecular weight excluding hydrogens is 410 g/mol. The average Bonchev–Trinajstić information content (AvgIpc) is 2.72. The standard InChI is InChI=1S/C21H30ClN3O3S/c22-18-9-8-16(14-20(18)25-12-3-4-13-29(25,27)28)21(26)23-15-17-6-5-11-24-10-2-1-7-19(17)24/h8-9,14,17,19H,1-7,10-13,15H2,(H,23,26). The van der Waals surface area contributed by atoms with Gasteiger partial charge in [-0.25, -0.2) is 8.42 Å². The summed E-state index contributed by atoms with van der Waals surface area (Å²) >= 11 is 6.29. The Labute approximate surface area is 178 Å². The fourth-order valence-corrected chi connectivity index (χ4v) is 6.96. The van der Waals surface area contributed by atoms with Crippen LogP contribution in [0.4, 0.5) is 5.69 Å². The van der Waals surface area contributed by atoms with Crippen molar-refractivity contribution in [3.63, 3.8) is 0 Å². The molecule has 2 atom stereocenters. The number of sulfonamides is 1. The number of hydrogen-bond donors (Lipinski definition) is 1. The Kier molecular flexibility index (Phi) is 6.37. The Morgan fingerprint density at radius 1 is 1.07 bits per heavy atom. The van der Waals surface area contributed by atoms with Crippen LogP contribution in [0.15, 0.2) is 18.2 Å². The van der Waals surface area contributed by atoms with Gasteiger partial charge in [-0.15, -0.1) is 0 Å². The lowest BCUT2D eigenvalue weighted by Crippen LogP contribution is -2.51. The van der Waals surface area contributed by atoms with Gasteiger partial charge in [0.05, 0.1) is 16.5 Å². The number of anilines is 1. The highest BCUT2D eigenvalue weighted by molar-refractivity contribution is 7.92. The third-order valence-corrected chi connectivity index (χ3v) is 8.75. The second-order valence-corrected chi connectivity index (χ2v) is 10.9. The molecule has 29 heavy (non-hydrogen) atoms. The maximum absolute atomic E-state index is 12.8. The maximum atomic E-state index is 12.8. The summed E-state index contributed by atoms with van der Waals surface area (Å²) in [5, 5.41) is 3.45. The van der Waals surface area contributed by atoms with Crippen molar-refractivity contribution in [2.45, 2.75) is 51.0 Å². The number of carbonyl (C=O) groups excluding carboxylic acids is 1. The molecule has 0 bridgehead atoms. The summed E-state index contributed by atoms with van der Waals surface area (Å²) in [6, 6.07) is 5.50. The van der Waals surface area contributed by atoms with E-state index in [4.69, 9.17) is 11.6 Å². The molecule has 1 aromatic rings. The largest absolute Gasteiger partial charge is 0.352 e. The van der Waals surface area contributed by atoms with Gasteiger partial charge in [0.2, 0.25) is 10.0 Å². The van der Waals surface area contributed by atoms with Crippen LogP contribution in [0.5, 0.6) is 0 Å². The second-order valence-electron chi connectivity index (χ2n) is 8.47. The van der Waals surface area contributed by atoms with Crippen LogP contribution in [0.3, 0.4) is 0 Å². The highest BCUT2D eigenvalue weighted by Gasteiger charge is 2.33. The van der Waals surface area contributed by atoms with Crippen molar-refractivity contribution in [3.8, 4) is 0 Å². The van der Waals surface area contributed by atoms with Crippen LogP contribution in [0.1, 0.15) is 55.3 Å². The molecule has 0 radical (unpaired) electrons. The first-order valence-electron chi connectivity index (χ1n) is 10.8. The lowest BCUT2D eigenvalue weighted by Gasteiger charge is -2.44. The molecule has 0 spiro atoms. The monoisotopic (exact) mass is 439 g/mol. The minimum absolute atomic E-state index is 0.124. The molecule has 0 saturated carbocycles. The van der Waals surface area contributed by atoms with Crippen LogP contribution in [0.25, 0.3) is 0 Å². The number of benzene rings is 1. The molecule has 1 amide bonds. The van der Waals surface area contributed by atoms with Gasteiger partial charge in [0.15, 0.2) is 0 Å². The van der Waals surface area contributed by atoms with Gasteiger partial charge in [-0.3, -0.25) is 9.10 Å². The van der Waals surface area contributed by atoms with Gasteiger partial charge in [0.25, 0.3) is 5.91 Å². The summed E-state index contributed by atoms with van der Waals surface area (Å²) in [5.74, 6) is 0.451. The molecule has 6 nitrogen and oxygen atoms in total. The lowest BCUT2D eigenvalue weighted by atomic mass is 9.83. The number of nitrogens with zero attached hydrogens (tertiary/aromatic N) is 2. The zero-order valence-corrected chi connectivity index (χ0v) is 18.3. The van der Waals surface area contributed by atoms with Gasteiger partial charge >= 0.3 is 0 Å². The van der Waals surface area contributed by atoms with Crippen molar-refractivity contribution in [1.29, 1.82) is 0 Å². The molecule has 1 aromatic carbocycles. The minimum atomic E-state index is -3.37. The van der Waals surface area contributed by atoms with Gasteiger partial charge < -0.3 is 10.2 Å². The predicted molar refractivity (Wildman–Crippen MR) is 116 cm³/mol. The molecule has 3 fully saturated rings. The Morgan fingerprint density at radius 2 is 1.86 bits per heavy atom. The first-order valence-corrected chi connectivity index (χ1v) is 12.8. The molecule has 1 N–H and O–H groups in total. The quantitative estimate of drug-likeness (QED) is 0.781. The van der Waals surface area contributed by atoms with Crippen molar-refractivity contribution >= 4 is 33.2 Å². The molecule has 3 saturated heterocycles. The van der Waals surface area contributed by atoms with Crippen LogP contribution in [0, 0.1) is 5.92 Å². The number of nitrogens with one attached hydrogen (secondary N) is 1. The predicted octanol–water partition coefficient (Wildman–Crippen LogP) is 3.26. The SMILES string of the molecule is O=C(NCC1CCCN2CCCCC12)c1ccc(Cl)c(N2CCCCS2(=O)=O)c1. The zero-order valence-electron chi connectivity index (χ0n) is 16.8. The number of fused-ring (bicyclic) bond motifs is 1. The fraction of sp³-hybridized carbons (Fsp3) is 0.667. The highest BCUT2D eigenvalue weighted by atomic mass is 35.5. The van der Waals surface area contributed by atoms with Crippen LogP contribution >= 0.6 is 11.6 Å². The molecule has 3 heterocycles. The maximum Gasteiger partial charge on any atom is 0.251 e. The van der Waals surface area contributed by atoms with Gasteiger partial charge in [0, 0.05) is 24.7 Å². The number of piperidine rings is 2. The van der Waals surface area contributed by atoms with E-state index < -0.39 is 10.0 Å². The highest BCUT2D eigenvalue weighted by Crippen LogP contribution is 2.32. The van der Waals surface area contributed by atoms with E-state index >= 15 is 0 Å². The van der Waals surface area contributed by atoms with Gasteiger partial charge in [0.1, 0.15) is 0 Å². The van der Waals surface area contributed by atoms with E-state index in [1.165, 1.54) is 43.1 Å². The van der Waals surface area contributed by atoms with E-state index in [1.807, 2.05) is 0 Å². The van der Waals surface area contributed by atoms with Crippen molar-refractivity contribution in [2.24, 2.45) is 5.92 Å². The fourth-order valence-electron chi connectivity index (χ4n) is 5.05. The Hall–Kier alpha value is -1.31. The van der Waals surface area contributed by atoms with Crippen LogP contribution in [0.2, 0.25) is 5.02 Å². The lowest BCUT2D eigenvalue weighted by molar-refractivity contribution is 0.0575. The third kappa shape index (κ3) is 4.57. The Bertz CT molecular complexity index is 859. The summed E-state index contributed by atoms with van der Waals surface area (Å²) in [5.41, 5.74) is 0.872. The number of amides is 1. The van der Waals surface area contributed by atoms with E-state index in [2.05, 4.69) is 10.2 Å². The third-order valence-electron chi connectivity index (χ3n) is 6.58. The van der Waals surface area contributed by atoms with Gasteiger partial charge in [-0.1, -0.05) is 18.0 Å². The van der Waals surface area contributed by atoms with E-state index in [0.29, 0.717) is 47.7 Å². The van der Waals surface area contributed by atoms with Crippen molar-refractivity contribution in [1.82, 2.24) is 10.2 Å². The zero-order chi connectivity index (χ0) is 20.4. The molecule has 3 aliphatic heterocycles. The van der Waals surface area contributed by atoms with Crippen LogP contribution in [-0.4, -0.2) is 57.2 Å². The number of carbonyl (C=O) groups is 1. The minimum Gasteiger partial charge on any atom is -0.352 e. The van der Waals surface area contributed by atoms with Crippen LogP contribution in [-0.2, 0) is 10.0 Å². The summed E-state index contributed by atoms with van der Waals surface area (Å²) < 4.78 is 26.2. The number of halogens is 1. The van der Waals surface area contributed by atoms with Crippen molar-refractivity contribution < 1.29 is 13.2 Å². The molecule has 8 heteroatoms. The summed E-state index contributed by atoms with van der Waals surface area (Å²) in [7, 11) is -3.37. The first kappa shape index (κ1) is 20.9. The average molecular weight is 440 g/mol. The molecular formula is C21H30ClN3O3S. The van der Waals surface area contributed by atoms with E-state index in [9.17, 15) is 13.2 Å². The molecule has 2 unspecified atom stereocenters. The molecule has 0 aromatic heterocycles. The smallest absolute Gasteiger partial charge is 0.251 e. The van der Waals surface area contributed by atoms with E-state index in [1.54, 1.807) is 18.2 Å². The normalized spacial score (nSPS) is 27.3. The van der Waals surface area contributed by atoms with Crippen molar-refractivity contribution in [2.75, 3.05) is 36.2 Å². The molecule has 4 rings (SSSR count). The molecule has 160 valence electrons. The van der Waals surface area contributed by atoms with E-state index in [-0.39, 0.29) is 11.7 Å². The number of hydrogen-bond acceptors (Lipinski definition) is 4. The van der Waals surface area contributed by atoms with Gasteiger partial charge in [-0.2, -0.15) is 0 Å². The Morgan fingerprint density at radius 3 is 2.69 bits per heavy atom. The Balaban J connectivity index is 1.45.